The molecule has 3 N–H and O–H groups in total. The first-order valence-corrected chi connectivity index (χ1v) is 8.21. The SMILES string of the molecule is O=C1NC(=O)[C@@H](c2c[nH]c3ccccc23)[C@H]1c1c[nH]c2ccccc12. The van der Waals surface area contributed by atoms with Gasteiger partial charge in [0.15, 0.2) is 0 Å². The maximum absolute atomic E-state index is 12.6. The highest BCUT2D eigenvalue weighted by molar-refractivity contribution is 6.13. The summed E-state index contributed by atoms with van der Waals surface area (Å²) in [7, 11) is 0. The monoisotopic (exact) mass is 329 g/mol. The van der Waals surface area contributed by atoms with Gasteiger partial charge >= 0.3 is 0 Å². The number of aromatic amines is 2. The lowest BCUT2D eigenvalue weighted by Crippen LogP contribution is -2.21. The van der Waals surface area contributed by atoms with Crippen LogP contribution in [-0.4, -0.2) is 21.8 Å². The lowest BCUT2D eigenvalue weighted by atomic mass is 9.83. The Morgan fingerprint density at radius 3 is 1.56 bits per heavy atom. The van der Waals surface area contributed by atoms with E-state index in [0.717, 1.165) is 32.9 Å². The van der Waals surface area contributed by atoms with Crippen molar-refractivity contribution in [3.05, 3.63) is 72.1 Å². The van der Waals surface area contributed by atoms with Crippen LogP contribution in [0.25, 0.3) is 21.8 Å². The van der Waals surface area contributed by atoms with E-state index in [1.807, 2.05) is 60.9 Å². The first-order chi connectivity index (χ1) is 12.2. The Kier molecular flexibility index (Phi) is 2.85. The number of H-pyrrole nitrogens is 2. The number of para-hydroxylation sites is 2. The number of amides is 2. The Morgan fingerprint density at radius 2 is 1.08 bits per heavy atom. The Hall–Kier alpha value is -3.34. The molecule has 25 heavy (non-hydrogen) atoms. The van der Waals surface area contributed by atoms with Gasteiger partial charge in [-0.3, -0.25) is 14.9 Å². The van der Waals surface area contributed by atoms with Gasteiger partial charge in [-0.2, -0.15) is 0 Å². The molecular weight excluding hydrogens is 314 g/mol. The predicted octanol–water partition coefficient (Wildman–Crippen LogP) is 3.17. The topological polar surface area (TPSA) is 77.8 Å². The van der Waals surface area contributed by atoms with Gasteiger partial charge in [-0.05, 0) is 23.3 Å². The molecule has 0 bridgehead atoms. The van der Waals surface area contributed by atoms with E-state index in [1.165, 1.54) is 0 Å². The molecule has 5 rings (SSSR count). The fourth-order valence-corrected chi connectivity index (χ4v) is 3.92. The molecule has 0 aliphatic carbocycles. The molecule has 0 radical (unpaired) electrons. The standard InChI is InChI=1S/C20H15N3O2/c24-19-17(13-9-21-15-7-3-1-5-11(13)15)18(20(25)23-19)14-10-22-16-8-4-2-6-12(14)16/h1-10,17-18,21-22H,(H,23,24,25)/t17-,18+. The largest absolute Gasteiger partial charge is 0.361 e. The molecule has 122 valence electrons. The van der Waals surface area contributed by atoms with Crippen LogP contribution in [0.1, 0.15) is 23.0 Å². The summed E-state index contributed by atoms with van der Waals surface area (Å²) >= 11 is 0. The molecule has 1 aliphatic heterocycles. The molecule has 5 nitrogen and oxygen atoms in total. The molecule has 0 spiro atoms. The van der Waals surface area contributed by atoms with Crippen LogP contribution in [-0.2, 0) is 9.59 Å². The molecule has 2 aromatic carbocycles. The highest BCUT2D eigenvalue weighted by Crippen LogP contribution is 2.42. The summed E-state index contributed by atoms with van der Waals surface area (Å²) in [5, 5.41) is 4.47. The van der Waals surface area contributed by atoms with E-state index in [9.17, 15) is 9.59 Å². The van der Waals surface area contributed by atoms with Crippen LogP contribution in [0.15, 0.2) is 60.9 Å². The van der Waals surface area contributed by atoms with Gasteiger partial charge in [0.2, 0.25) is 11.8 Å². The number of imide groups is 1. The summed E-state index contributed by atoms with van der Waals surface area (Å²) in [6.07, 6.45) is 3.69. The summed E-state index contributed by atoms with van der Waals surface area (Å²) in [5.74, 6) is -1.57. The second-order valence-electron chi connectivity index (χ2n) is 6.39. The zero-order chi connectivity index (χ0) is 17.0. The summed E-state index contributed by atoms with van der Waals surface area (Å²) in [6, 6.07) is 15.7. The van der Waals surface area contributed by atoms with E-state index >= 15 is 0 Å². The van der Waals surface area contributed by atoms with Gasteiger partial charge in [0.05, 0.1) is 11.8 Å². The number of aromatic nitrogens is 2. The van der Waals surface area contributed by atoms with Crippen LogP contribution in [0.5, 0.6) is 0 Å². The van der Waals surface area contributed by atoms with Crippen molar-refractivity contribution >= 4 is 33.6 Å². The third kappa shape index (κ3) is 1.96. The molecule has 1 fully saturated rings. The van der Waals surface area contributed by atoms with Crippen LogP contribution in [0.2, 0.25) is 0 Å². The van der Waals surface area contributed by atoms with Crippen molar-refractivity contribution in [2.24, 2.45) is 0 Å². The van der Waals surface area contributed by atoms with Crippen LogP contribution in [0.3, 0.4) is 0 Å². The zero-order valence-electron chi connectivity index (χ0n) is 13.2. The molecule has 2 atom stereocenters. The van der Waals surface area contributed by atoms with Crippen molar-refractivity contribution < 1.29 is 9.59 Å². The molecular formula is C20H15N3O2. The van der Waals surface area contributed by atoms with Crippen LogP contribution >= 0.6 is 0 Å². The molecule has 2 amide bonds. The highest BCUT2D eigenvalue weighted by Gasteiger charge is 2.45. The minimum Gasteiger partial charge on any atom is -0.361 e. The van der Waals surface area contributed by atoms with E-state index in [-0.39, 0.29) is 11.8 Å². The van der Waals surface area contributed by atoms with Gasteiger partial charge in [0, 0.05) is 34.2 Å². The van der Waals surface area contributed by atoms with Crippen molar-refractivity contribution in [2.45, 2.75) is 11.8 Å². The van der Waals surface area contributed by atoms with Gasteiger partial charge in [-0.1, -0.05) is 36.4 Å². The molecule has 0 unspecified atom stereocenters. The van der Waals surface area contributed by atoms with Gasteiger partial charge < -0.3 is 9.97 Å². The van der Waals surface area contributed by atoms with Gasteiger partial charge in [0.1, 0.15) is 0 Å². The third-order valence-corrected chi connectivity index (χ3v) is 5.06. The average molecular weight is 329 g/mol. The molecule has 1 aliphatic rings. The summed E-state index contributed by atoms with van der Waals surface area (Å²) in [4.78, 5) is 31.6. The number of carbonyl (C=O) groups is 2. The van der Waals surface area contributed by atoms with Crippen LogP contribution in [0, 0.1) is 0 Å². The van der Waals surface area contributed by atoms with E-state index < -0.39 is 11.8 Å². The number of rotatable bonds is 2. The Bertz CT molecular complexity index is 1050. The summed E-state index contributed by atoms with van der Waals surface area (Å²) < 4.78 is 0. The van der Waals surface area contributed by atoms with Crippen molar-refractivity contribution in [1.29, 1.82) is 0 Å². The number of hydrogen-bond donors (Lipinski definition) is 3. The molecule has 4 aromatic rings. The van der Waals surface area contributed by atoms with Gasteiger partial charge in [-0.25, -0.2) is 0 Å². The number of fused-ring (bicyclic) bond motifs is 2. The Balaban J connectivity index is 1.72. The van der Waals surface area contributed by atoms with E-state index in [0.29, 0.717) is 0 Å². The second-order valence-corrected chi connectivity index (χ2v) is 6.39. The summed E-state index contributed by atoms with van der Waals surface area (Å²) in [6.45, 7) is 0. The maximum atomic E-state index is 12.6. The zero-order valence-corrected chi connectivity index (χ0v) is 13.2. The lowest BCUT2D eigenvalue weighted by molar-refractivity contribution is -0.125. The van der Waals surface area contributed by atoms with Crippen molar-refractivity contribution in [3.63, 3.8) is 0 Å². The second kappa shape index (κ2) is 5.08. The number of hydrogen-bond acceptors (Lipinski definition) is 2. The minimum absolute atomic E-state index is 0.245. The third-order valence-electron chi connectivity index (χ3n) is 5.06. The van der Waals surface area contributed by atoms with Crippen molar-refractivity contribution in [2.75, 3.05) is 0 Å². The smallest absolute Gasteiger partial charge is 0.235 e. The first-order valence-electron chi connectivity index (χ1n) is 8.21. The Morgan fingerprint density at radius 1 is 0.640 bits per heavy atom. The Labute approximate surface area is 143 Å². The quantitative estimate of drug-likeness (QED) is 0.494. The fourth-order valence-electron chi connectivity index (χ4n) is 3.92. The van der Waals surface area contributed by atoms with Crippen LogP contribution in [0.4, 0.5) is 0 Å². The van der Waals surface area contributed by atoms with Crippen molar-refractivity contribution in [1.82, 2.24) is 15.3 Å². The van der Waals surface area contributed by atoms with Crippen molar-refractivity contribution in [3.8, 4) is 0 Å². The van der Waals surface area contributed by atoms with Crippen LogP contribution < -0.4 is 5.32 Å². The van der Waals surface area contributed by atoms with Gasteiger partial charge in [0.25, 0.3) is 0 Å². The molecule has 1 saturated heterocycles. The predicted molar refractivity (Wildman–Crippen MR) is 95.2 cm³/mol. The number of carbonyl (C=O) groups excluding carboxylic acids is 2. The van der Waals surface area contributed by atoms with E-state index in [1.54, 1.807) is 0 Å². The average Bonchev–Trinajstić information content (AvgIpc) is 3.30. The maximum Gasteiger partial charge on any atom is 0.235 e. The number of nitrogens with one attached hydrogen (secondary N) is 3. The normalized spacial score (nSPS) is 20.5. The lowest BCUT2D eigenvalue weighted by Gasteiger charge is -2.14. The molecule has 3 heterocycles. The minimum atomic E-state index is -0.539. The molecule has 0 saturated carbocycles. The highest BCUT2D eigenvalue weighted by atomic mass is 16.2. The van der Waals surface area contributed by atoms with Gasteiger partial charge in [-0.15, -0.1) is 0 Å². The summed E-state index contributed by atoms with van der Waals surface area (Å²) in [5.41, 5.74) is 3.63. The molecule has 2 aromatic heterocycles. The fraction of sp³-hybridized carbons (Fsp3) is 0.100. The first kappa shape index (κ1) is 14.0. The van der Waals surface area contributed by atoms with E-state index in [2.05, 4.69) is 15.3 Å². The molecule has 5 heteroatoms. The number of benzene rings is 2. The van der Waals surface area contributed by atoms with E-state index in [4.69, 9.17) is 0 Å².